The molecule has 2 N–H and O–H groups in total. The summed E-state index contributed by atoms with van der Waals surface area (Å²) in [4.78, 5) is 30.3. The molecule has 0 aliphatic heterocycles. The number of hydrogen-bond acceptors (Lipinski definition) is 11. The number of fused-ring (bicyclic) bond motifs is 4. The molecule has 240 valence electrons. The zero-order valence-electron chi connectivity index (χ0n) is 26.1. The van der Waals surface area contributed by atoms with Gasteiger partial charge in [0.15, 0.2) is 23.4 Å². The van der Waals surface area contributed by atoms with Gasteiger partial charge in [0, 0.05) is 31.3 Å². The highest BCUT2D eigenvalue weighted by Gasteiger charge is 2.64. The number of aliphatic hydroxyl groups is 2. The van der Waals surface area contributed by atoms with Crippen LogP contribution in [0.3, 0.4) is 0 Å². The summed E-state index contributed by atoms with van der Waals surface area (Å²) in [5, 5.41) is 28.4. The number of ether oxygens (including phenoxy) is 4. The molecule has 1 heterocycles. The smallest absolute Gasteiger partial charge is 0.265 e. The molecular weight excluding hydrogens is 592 g/mol. The lowest BCUT2D eigenvalue weighted by Crippen LogP contribution is -2.59. The summed E-state index contributed by atoms with van der Waals surface area (Å²) >= 11 is 6.94. The maximum absolute atomic E-state index is 14.4. The zero-order valence-corrected chi connectivity index (χ0v) is 26.8. The number of methoxy groups -OCH3 is 2. The van der Waals surface area contributed by atoms with E-state index in [1.807, 2.05) is 18.7 Å². The predicted octanol–water partition coefficient (Wildman–Crippen LogP) is 5.39. The molecule has 0 amide bonds. The number of aromatic nitrogens is 1. The Labute approximate surface area is 262 Å². The molecular formula is C32H41ClN2O9. The number of halogens is 1. The second-order valence-electron chi connectivity index (χ2n) is 11.9. The molecule has 1 aromatic carbocycles. The fraction of sp³-hybridized carbons (Fsp3) is 0.594. The van der Waals surface area contributed by atoms with E-state index in [2.05, 4.69) is 5.16 Å². The van der Waals surface area contributed by atoms with E-state index in [9.17, 15) is 19.8 Å². The van der Waals surface area contributed by atoms with Gasteiger partial charge in [0.05, 0.1) is 29.8 Å². The largest absolute Gasteiger partial charge is 0.508 e. The van der Waals surface area contributed by atoms with Gasteiger partial charge in [-0.3, -0.25) is 14.5 Å². The molecule has 0 spiro atoms. The Balaban J connectivity index is 1.67. The average molecular weight is 633 g/mol. The molecule has 0 saturated heterocycles. The van der Waals surface area contributed by atoms with Crippen molar-refractivity contribution in [2.45, 2.75) is 70.3 Å². The van der Waals surface area contributed by atoms with Crippen LogP contribution < -0.4 is 9.47 Å². The Morgan fingerprint density at radius 1 is 1.11 bits per heavy atom. The maximum Gasteiger partial charge on any atom is 0.265 e. The summed E-state index contributed by atoms with van der Waals surface area (Å²) in [5.74, 6) is -2.92. The van der Waals surface area contributed by atoms with Crippen molar-refractivity contribution in [3.05, 3.63) is 50.4 Å². The fourth-order valence-corrected chi connectivity index (χ4v) is 7.17. The second kappa shape index (κ2) is 12.8. The van der Waals surface area contributed by atoms with Gasteiger partial charge in [0.2, 0.25) is 5.78 Å². The molecule has 12 heteroatoms. The minimum Gasteiger partial charge on any atom is -0.508 e. The van der Waals surface area contributed by atoms with Gasteiger partial charge in [-0.25, -0.2) is 0 Å². The lowest BCUT2D eigenvalue weighted by Gasteiger charge is -2.49. The minimum atomic E-state index is -2.40. The zero-order chi connectivity index (χ0) is 31.9. The normalized spacial score (nSPS) is 24.4. The number of carbonyl (C=O) groups is 2. The Morgan fingerprint density at radius 2 is 1.77 bits per heavy atom. The van der Waals surface area contributed by atoms with Crippen molar-refractivity contribution >= 4 is 23.2 Å². The van der Waals surface area contributed by atoms with Crippen molar-refractivity contribution in [3.63, 3.8) is 0 Å². The first-order valence-electron chi connectivity index (χ1n) is 15.1. The van der Waals surface area contributed by atoms with Crippen LogP contribution in [0.5, 0.6) is 11.6 Å². The monoisotopic (exact) mass is 632 g/mol. The minimum absolute atomic E-state index is 0.0188. The third kappa shape index (κ3) is 5.02. The number of ketones is 2. The molecule has 11 nitrogen and oxygen atoms in total. The van der Waals surface area contributed by atoms with E-state index >= 15 is 0 Å². The SMILES string of the molecule is CCCCOc1cc(C(OC)OC)c(Cl)c2c1C(=O)C1=C(O)[C@]3(O)C(=O)c4c(OCCCC)noc4[C@@H](N(C)C)[C@@H]3C[C@@H]1C2. The van der Waals surface area contributed by atoms with E-state index in [-0.39, 0.29) is 46.9 Å². The summed E-state index contributed by atoms with van der Waals surface area (Å²) in [6.45, 7) is 4.69. The van der Waals surface area contributed by atoms with Crippen LogP contribution in [0.2, 0.25) is 5.02 Å². The van der Waals surface area contributed by atoms with Gasteiger partial charge in [0.1, 0.15) is 17.1 Å². The van der Waals surface area contributed by atoms with Crippen LogP contribution in [0.15, 0.2) is 21.9 Å². The highest BCUT2D eigenvalue weighted by molar-refractivity contribution is 6.33. The van der Waals surface area contributed by atoms with Crippen molar-refractivity contribution < 1.29 is 43.3 Å². The van der Waals surface area contributed by atoms with Crippen molar-refractivity contribution in [3.8, 4) is 11.6 Å². The standard InChI is InChI=1S/C32H41ClN2O9/c1-7-9-11-42-20-15-18(31(40-5)41-6)24(33)17-13-16-14-19-25(35(3)4)27-23(30(34-44-27)43-12-10-8-2)29(38)32(19,39)28(37)21(16)26(36)22(17)20/h15-16,19,25,31,37,39H,7-14H2,1-6H3/t16-,19-,25-,32-/m0/s1. The van der Waals surface area contributed by atoms with Crippen molar-refractivity contribution in [1.82, 2.24) is 10.1 Å². The first-order valence-corrected chi connectivity index (χ1v) is 15.5. The van der Waals surface area contributed by atoms with Crippen LogP contribution in [0, 0.1) is 11.8 Å². The first kappa shape index (κ1) is 32.4. The molecule has 3 aliphatic carbocycles. The number of aliphatic hydroxyl groups excluding tert-OH is 1. The highest BCUT2D eigenvalue weighted by atomic mass is 35.5. The van der Waals surface area contributed by atoms with Crippen LogP contribution in [0.1, 0.15) is 95.9 Å². The molecule has 0 unspecified atom stereocenters. The van der Waals surface area contributed by atoms with E-state index in [1.54, 1.807) is 20.2 Å². The van der Waals surface area contributed by atoms with Crippen LogP contribution in [0.25, 0.3) is 0 Å². The van der Waals surface area contributed by atoms with Gasteiger partial charge in [-0.2, -0.15) is 0 Å². The summed E-state index contributed by atoms with van der Waals surface area (Å²) in [7, 11) is 6.57. The Bertz CT molecular complexity index is 1460. The van der Waals surface area contributed by atoms with E-state index in [0.29, 0.717) is 29.4 Å². The van der Waals surface area contributed by atoms with Crippen molar-refractivity contribution in [1.29, 1.82) is 0 Å². The Morgan fingerprint density at radius 3 is 2.39 bits per heavy atom. The lowest BCUT2D eigenvalue weighted by molar-refractivity contribution is -0.106. The van der Waals surface area contributed by atoms with Crippen LogP contribution in [-0.4, -0.2) is 79.0 Å². The summed E-state index contributed by atoms with van der Waals surface area (Å²) in [6.07, 6.45) is 2.87. The number of unbranched alkanes of at least 4 members (excludes halogenated alkanes) is 2. The molecule has 2 aromatic rings. The average Bonchev–Trinajstić information content (AvgIpc) is 3.41. The van der Waals surface area contributed by atoms with Gasteiger partial charge in [-0.05, 0) is 62.5 Å². The highest BCUT2D eigenvalue weighted by Crippen LogP contribution is 2.57. The fourth-order valence-electron chi connectivity index (χ4n) is 6.85. The van der Waals surface area contributed by atoms with E-state index < -0.39 is 47.1 Å². The van der Waals surface area contributed by atoms with E-state index in [0.717, 1.165) is 25.7 Å². The van der Waals surface area contributed by atoms with E-state index in [1.165, 1.54) is 14.2 Å². The van der Waals surface area contributed by atoms with Gasteiger partial charge in [0.25, 0.3) is 5.88 Å². The number of Topliss-reactive ketones (excluding diaryl/α,β-unsaturated/α-hetero) is 2. The van der Waals surface area contributed by atoms with Crippen LogP contribution in [-0.2, 0) is 15.9 Å². The predicted molar refractivity (Wildman–Crippen MR) is 161 cm³/mol. The van der Waals surface area contributed by atoms with Crippen molar-refractivity contribution in [2.24, 2.45) is 11.8 Å². The van der Waals surface area contributed by atoms with Crippen LogP contribution >= 0.6 is 11.6 Å². The quantitative estimate of drug-likeness (QED) is 0.230. The summed E-state index contributed by atoms with van der Waals surface area (Å²) in [5.41, 5.74) is -1.19. The lowest BCUT2D eigenvalue weighted by atomic mass is 9.58. The summed E-state index contributed by atoms with van der Waals surface area (Å²) < 4.78 is 28.5. The van der Waals surface area contributed by atoms with Gasteiger partial charge >= 0.3 is 0 Å². The topological polar surface area (TPSA) is 141 Å². The number of rotatable bonds is 12. The number of carbonyl (C=O) groups excluding carboxylic acids is 2. The summed E-state index contributed by atoms with van der Waals surface area (Å²) in [6, 6.07) is 0.979. The molecule has 4 atom stereocenters. The molecule has 3 aliphatic rings. The second-order valence-corrected chi connectivity index (χ2v) is 12.3. The third-order valence-electron chi connectivity index (χ3n) is 9.02. The molecule has 0 saturated carbocycles. The van der Waals surface area contributed by atoms with Gasteiger partial charge < -0.3 is 33.7 Å². The molecule has 0 radical (unpaired) electrons. The number of allylic oxidation sites excluding steroid dienone is 1. The van der Waals surface area contributed by atoms with Crippen LogP contribution in [0.4, 0.5) is 0 Å². The van der Waals surface area contributed by atoms with Gasteiger partial charge in [-0.15, -0.1) is 0 Å². The first-order chi connectivity index (χ1) is 21.1. The number of hydrogen-bond donors (Lipinski definition) is 2. The molecule has 1 aromatic heterocycles. The van der Waals surface area contributed by atoms with Crippen molar-refractivity contribution in [2.75, 3.05) is 41.5 Å². The number of benzene rings is 1. The molecule has 44 heavy (non-hydrogen) atoms. The Kier molecular flexibility index (Phi) is 9.44. The number of nitrogens with zero attached hydrogens (tertiary/aromatic N) is 2. The molecule has 0 bridgehead atoms. The third-order valence-corrected chi connectivity index (χ3v) is 9.46. The van der Waals surface area contributed by atoms with E-state index in [4.69, 9.17) is 35.1 Å². The maximum atomic E-state index is 14.4. The Hall–Kier alpha value is -2.96. The molecule has 0 fully saturated rings. The van der Waals surface area contributed by atoms with Gasteiger partial charge in [-0.1, -0.05) is 38.3 Å². The molecule has 5 rings (SSSR count).